The predicted octanol–water partition coefficient (Wildman–Crippen LogP) is -0.0791. The average Bonchev–Trinajstić information content (AvgIpc) is 2.47. The van der Waals surface area contributed by atoms with Crippen molar-refractivity contribution in [3.63, 3.8) is 0 Å². The third-order valence-corrected chi connectivity index (χ3v) is 2.30. The van der Waals surface area contributed by atoms with E-state index in [4.69, 9.17) is 5.11 Å². The van der Waals surface area contributed by atoms with E-state index in [1.165, 1.54) is 0 Å². The third kappa shape index (κ3) is 3.16. The number of carbonyl (C=O) groups is 1. The summed E-state index contributed by atoms with van der Waals surface area (Å²) in [7, 11) is 2.06. The van der Waals surface area contributed by atoms with E-state index in [1.54, 1.807) is 0 Å². The van der Waals surface area contributed by atoms with Crippen molar-refractivity contribution in [1.29, 1.82) is 0 Å². The van der Waals surface area contributed by atoms with Gasteiger partial charge in [-0.2, -0.15) is 0 Å². The molecule has 0 aliphatic carbocycles. The van der Waals surface area contributed by atoms with E-state index in [0.29, 0.717) is 12.6 Å². The highest BCUT2D eigenvalue weighted by atomic mass is 16.4. The number of hydrogen-bond acceptors (Lipinski definition) is 3. The molecule has 13 heavy (non-hydrogen) atoms. The molecule has 1 fully saturated rings. The standard InChI is InChI=1S/C9H16N2O2/c1-7(9(12)13)5-10-8-3-4-11(2)6-8/h8,10H,1,3-6H2,2H3,(H,12,13). The first-order chi connectivity index (χ1) is 6.09. The second-order valence-corrected chi connectivity index (χ2v) is 3.54. The van der Waals surface area contributed by atoms with E-state index in [2.05, 4.69) is 23.8 Å². The summed E-state index contributed by atoms with van der Waals surface area (Å²) >= 11 is 0. The van der Waals surface area contributed by atoms with Gasteiger partial charge in [0.1, 0.15) is 0 Å². The van der Waals surface area contributed by atoms with Crippen molar-refractivity contribution in [3.8, 4) is 0 Å². The van der Waals surface area contributed by atoms with Gasteiger partial charge in [0.2, 0.25) is 0 Å². The van der Waals surface area contributed by atoms with Crippen molar-refractivity contribution < 1.29 is 9.90 Å². The van der Waals surface area contributed by atoms with Gasteiger partial charge >= 0.3 is 5.97 Å². The summed E-state index contributed by atoms with van der Waals surface area (Å²) in [5.74, 6) is -0.918. The molecule has 0 aromatic heterocycles. The summed E-state index contributed by atoms with van der Waals surface area (Å²) in [6, 6.07) is 0.418. The van der Waals surface area contributed by atoms with Crippen molar-refractivity contribution in [2.75, 3.05) is 26.7 Å². The highest BCUT2D eigenvalue weighted by Gasteiger charge is 2.19. The maximum atomic E-state index is 10.4. The van der Waals surface area contributed by atoms with Crippen LogP contribution in [0.5, 0.6) is 0 Å². The molecule has 2 N–H and O–H groups in total. The zero-order valence-electron chi connectivity index (χ0n) is 7.92. The van der Waals surface area contributed by atoms with Crippen molar-refractivity contribution in [2.45, 2.75) is 12.5 Å². The lowest BCUT2D eigenvalue weighted by Crippen LogP contribution is -2.33. The van der Waals surface area contributed by atoms with Gasteiger partial charge in [-0.1, -0.05) is 6.58 Å². The lowest BCUT2D eigenvalue weighted by atomic mass is 10.2. The van der Waals surface area contributed by atoms with Crippen molar-refractivity contribution in [2.24, 2.45) is 0 Å². The predicted molar refractivity (Wildman–Crippen MR) is 50.7 cm³/mol. The maximum absolute atomic E-state index is 10.4. The summed E-state index contributed by atoms with van der Waals surface area (Å²) in [6.45, 7) is 5.91. The van der Waals surface area contributed by atoms with Crippen LogP contribution >= 0.6 is 0 Å². The van der Waals surface area contributed by atoms with E-state index < -0.39 is 5.97 Å². The largest absolute Gasteiger partial charge is 0.478 e. The van der Waals surface area contributed by atoms with Crippen molar-refractivity contribution in [1.82, 2.24) is 10.2 Å². The van der Waals surface area contributed by atoms with Gasteiger partial charge in [0.05, 0.1) is 0 Å². The molecular formula is C9H16N2O2. The van der Waals surface area contributed by atoms with E-state index in [-0.39, 0.29) is 5.57 Å². The molecule has 0 spiro atoms. The van der Waals surface area contributed by atoms with Crippen LogP contribution in [0.1, 0.15) is 6.42 Å². The molecule has 4 nitrogen and oxygen atoms in total. The molecule has 1 heterocycles. The number of rotatable bonds is 4. The Balaban J connectivity index is 2.20. The molecule has 0 bridgehead atoms. The molecule has 1 aliphatic heterocycles. The van der Waals surface area contributed by atoms with Crippen LogP contribution in [0.25, 0.3) is 0 Å². The average molecular weight is 184 g/mol. The number of carboxylic acids is 1. The Bertz CT molecular complexity index is 216. The van der Waals surface area contributed by atoms with Crippen LogP contribution in [-0.4, -0.2) is 48.7 Å². The van der Waals surface area contributed by atoms with Crippen LogP contribution in [-0.2, 0) is 4.79 Å². The fourth-order valence-corrected chi connectivity index (χ4v) is 1.44. The number of hydrogen-bond donors (Lipinski definition) is 2. The summed E-state index contributed by atoms with van der Waals surface area (Å²) in [6.07, 6.45) is 1.09. The van der Waals surface area contributed by atoms with E-state index in [0.717, 1.165) is 19.5 Å². The molecule has 74 valence electrons. The second kappa shape index (κ2) is 4.39. The SMILES string of the molecule is C=C(CNC1CCN(C)C1)C(=O)O. The minimum absolute atomic E-state index is 0.231. The fraction of sp³-hybridized carbons (Fsp3) is 0.667. The summed E-state index contributed by atoms with van der Waals surface area (Å²) in [4.78, 5) is 12.6. The molecule has 1 atom stereocenters. The highest BCUT2D eigenvalue weighted by Crippen LogP contribution is 2.06. The van der Waals surface area contributed by atoms with Gasteiger partial charge in [-0.05, 0) is 20.0 Å². The highest BCUT2D eigenvalue weighted by molar-refractivity contribution is 5.86. The van der Waals surface area contributed by atoms with Gasteiger partial charge in [0, 0.05) is 24.7 Å². The molecule has 1 unspecified atom stereocenters. The van der Waals surface area contributed by atoms with Crippen LogP contribution in [0.2, 0.25) is 0 Å². The number of aliphatic carboxylic acids is 1. The summed E-state index contributed by atoms with van der Waals surface area (Å²) in [5.41, 5.74) is 0.231. The Kier molecular flexibility index (Phi) is 3.45. The van der Waals surface area contributed by atoms with Gasteiger partial charge in [-0.25, -0.2) is 4.79 Å². The van der Waals surface area contributed by atoms with Crippen LogP contribution in [0.3, 0.4) is 0 Å². The normalized spacial score (nSPS) is 23.3. The lowest BCUT2D eigenvalue weighted by molar-refractivity contribution is -0.132. The summed E-state index contributed by atoms with van der Waals surface area (Å²) < 4.78 is 0. The number of nitrogens with zero attached hydrogens (tertiary/aromatic N) is 1. The molecule has 1 saturated heterocycles. The molecule has 0 amide bonds. The Morgan fingerprint density at radius 3 is 2.92 bits per heavy atom. The topological polar surface area (TPSA) is 52.6 Å². The zero-order chi connectivity index (χ0) is 9.84. The van der Waals surface area contributed by atoms with E-state index >= 15 is 0 Å². The van der Waals surface area contributed by atoms with Crippen molar-refractivity contribution >= 4 is 5.97 Å². The minimum Gasteiger partial charge on any atom is -0.478 e. The maximum Gasteiger partial charge on any atom is 0.332 e. The van der Waals surface area contributed by atoms with Crippen LogP contribution in [0.4, 0.5) is 0 Å². The smallest absolute Gasteiger partial charge is 0.332 e. The Morgan fingerprint density at radius 1 is 1.77 bits per heavy atom. The molecule has 0 aromatic rings. The first-order valence-corrected chi connectivity index (χ1v) is 4.42. The Hall–Kier alpha value is -0.870. The van der Waals surface area contributed by atoms with Gasteiger partial charge in [0.25, 0.3) is 0 Å². The molecule has 4 heteroatoms. The number of carboxylic acid groups (broad SMARTS) is 1. The molecular weight excluding hydrogens is 168 g/mol. The molecule has 1 rings (SSSR count). The number of nitrogens with one attached hydrogen (secondary N) is 1. The van der Waals surface area contributed by atoms with E-state index in [1.807, 2.05) is 0 Å². The quantitative estimate of drug-likeness (QED) is 0.600. The fourth-order valence-electron chi connectivity index (χ4n) is 1.44. The number of likely N-dealkylation sites (N-methyl/N-ethyl adjacent to an activating group) is 1. The first kappa shape index (κ1) is 10.2. The van der Waals surface area contributed by atoms with Crippen LogP contribution in [0.15, 0.2) is 12.2 Å². The third-order valence-electron chi connectivity index (χ3n) is 2.30. The lowest BCUT2D eigenvalue weighted by Gasteiger charge is -2.12. The van der Waals surface area contributed by atoms with Crippen LogP contribution in [0, 0.1) is 0 Å². The van der Waals surface area contributed by atoms with E-state index in [9.17, 15) is 4.79 Å². The van der Waals surface area contributed by atoms with Gasteiger partial charge in [-0.3, -0.25) is 0 Å². The summed E-state index contributed by atoms with van der Waals surface area (Å²) in [5, 5.41) is 11.7. The number of likely N-dealkylation sites (tertiary alicyclic amines) is 1. The first-order valence-electron chi connectivity index (χ1n) is 4.42. The zero-order valence-corrected chi connectivity index (χ0v) is 7.92. The molecule has 1 aliphatic rings. The van der Waals surface area contributed by atoms with Crippen LogP contribution < -0.4 is 5.32 Å². The monoisotopic (exact) mass is 184 g/mol. The van der Waals surface area contributed by atoms with Crippen molar-refractivity contribution in [3.05, 3.63) is 12.2 Å². The molecule has 0 saturated carbocycles. The molecule has 0 radical (unpaired) electrons. The Labute approximate surface area is 78.2 Å². The second-order valence-electron chi connectivity index (χ2n) is 3.54. The van der Waals surface area contributed by atoms with Gasteiger partial charge in [0.15, 0.2) is 0 Å². The van der Waals surface area contributed by atoms with Gasteiger partial charge in [-0.15, -0.1) is 0 Å². The molecule has 0 aromatic carbocycles. The minimum atomic E-state index is -0.918. The Morgan fingerprint density at radius 2 is 2.46 bits per heavy atom. The van der Waals surface area contributed by atoms with Gasteiger partial charge < -0.3 is 15.3 Å².